The van der Waals surface area contributed by atoms with Crippen molar-refractivity contribution in [2.45, 2.75) is 13.8 Å². The van der Waals surface area contributed by atoms with Gasteiger partial charge in [-0.2, -0.15) is 0 Å². The second-order valence-electron chi connectivity index (χ2n) is 1.77. The van der Waals surface area contributed by atoms with Crippen molar-refractivity contribution in [2.24, 2.45) is 5.92 Å². The molecule has 0 fully saturated rings. The summed E-state index contributed by atoms with van der Waals surface area (Å²) < 4.78 is 0. The molecule has 0 aromatic carbocycles. The fourth-order valence-corrected chi connectivity index (χ4v) is 0.289. The summed E-state index contributed by atoms with van der Waals surface area (Å²) >= 11 is 0. The lowest BCUT2D eigenvalue weighted by molar-refractivity contribution is -0.123. The van der Waals surface area contributed by atoms with Gasteiger partial charge in [-0.3, -0.25) is 4.79 Å². The van der Waals surface area contributed by atoms with Gasteiger partial charge in [0.25, 0.3) is 0 Å². The SMILES string of the molecule is CNC(=O)C(C)C.N.[HH]. The molecule has 3 nitrogen and oxygen atoms in total. The average molecular weight is 120 g/mol. The number of hydrogen-bond acceptors (Lipinski definition) is 2. The smallest absolute Gasteiger partial charge is 0.222 e. The van der Waals surface area contributed by atoms with Gasteiger partial charge < -0.3 is 11.5 Å². The van der Waals surface area contributed by atoms with Gasteiger partial charge in [0.15, 0.2) is 0 Å². The van der Waals surface area contributed by atoms with Crippen LogP contribution in [-0.4, -0.2) is 13.0 Å². The Hall–Kier alpha value is -0.570. The third kappa shape index (κ3) is 3.61. The third-order valence-electron chi connectivity index (χ3n) is 0.771. The summed E-state index contributed by atoms with van der Waals surface area (Å²) in [7, 11) is 1.64. The molecular weight excluding hydrogens is 104 g/mol. The van der Waals surface area contributed by atoms with Crippen LogP contribution in [0.25, 0.3) is 0 Å². The van der Waals surface area contributed by atoms with Gasteiger partial charge in [-0.1, -0.05) is 13.8 Å². The molecule has 0 radical (unpaired) electrons. The minimum atomic E-state index is 0. The highest BCUT2D eigenvalue weighted by Gasteiger charge is 2.00. The summed E-state index contributed by atoms with van der Waals surface area (Å²) in [5, 5.41) is 2.53. The van der Waals surface area contributed by atoms with Crippen LogP contribution in [0.1, 0.15) is 15.3 Å². The van der Waals surface area contributed by atoms with Gasteiger partial charge in [0, 0.05) is 14.4 Å². The van der Waals surface area contributed by atoms with Crippen molar-refractivity contribution in [2.75, 3.05) is 7.05 Å². The first-order valence-electron chi connectivity index (χ1n) is 2.40. The van der Waals surface area contributed by atoms with Gasteiger partial charge in [0.1, 0.15) is 0 Å². The van der Waals surface area contributed by atoms with Gasteiger partial charge in [0.2, 0.25) is 5.91 Å². The predicted molar refractivity (Wildman–Crippen MR) is 36.0 cm³/mol. The van der Waals surface area contributed by atoms with E-state index in [9.17, 15) is 4.79 Å². The molecule has 0 aliphatic heterocycles. The monoisotopic (exact) mass is 120 g/mol. The molecule has 0 rings (SSSR count). The lowest BCUT2D eigenvalue weighted by atomic mass is 10.2. The molecule has 0 aromatic heterocycles. The van der Waals surface area contributed by atoms with Gasteiger partial charge in [-0.05, 0) is 0 Å². The maximum absolute atomic E-state index is 10.4. The second kappa shape index (κ2) is 4.59. The fourth-order valence-electron chi connectivity index (χ4n) is 0.289. The molecule has 4 N–H and O–H groups in total. The highest BCUT2D eigenvalue weighted by Crippen LogP contribution is 1.87. The Labute approximate surface area is 51.5 Å². The van der Waals surface area contributed by atoms with Crippen molar-refractivity contribution in [1.82, 2.24) is 11.5 Å². The van der Waals surface area contributed by atoms with Crippen LogP contribution < -0.4 is 11.5 Å². The van der Waals surface area contributed by atoms with Crippen molar-refractivity contribution in [1.29, 1.82) is 0 Å². The van der Waals surface area contributed by atoms with Crippen LogP contribution in [0.15, 0.2) is 0 Å². The summed E-state index contributed by atoms with van der Waals surface area (Å²) in [4.78, 5) is 10.4. The zero-order valence-electron chi connectivity index (χ0n) is 5.69. The summed E-state index contributed by atoms with van der Waals surface area (Å²) in [6.45, 7) is 3.72. The highest BCUT2D eigenvalue weighted by molar-refractivity contribution is 5.77. The summed E-state index contributed by atoms with van der Waals surface area (Å²) in [5.41, 5.74) is 0. The molecule has 0 unspecified atom stereocenters. The van der Waals surface area contributed by atoms with E-state index >= 15 is 0 Å². The molecule has 1 amide bonds. The van der Waals surface area contributed by atoms with Crippen LogP contribution in [-0.2, 0) is 4.79 Å². The van der Waals surface area contributed by atoms with Crippen molar-refractivity contribution in [3.8, 4) is 0 Å². The van der Waals surface area contributed by atoms with Gasteiger partial charge >= 0.3 is 0 Å². The second-order valence-corrected chi connectivity index (χ2v) is 1.77. The Bertz CT molecular complexity index is 75.4. The molecule has 0 saturated heterocycles. The van der Waals surface area contributed by atoms with Crippen molar-refractivity contribution in [3.63, 3.8) is 0 Å². The standard InChI is InChI=1S/C5H11NO.H3N.H2/c1-4(2)5(7)6-3;;/h4H,1-3H3,(H,6,7);1H3;1H. The number of nitrogens with one attached hydrogen (secondary N) is 1. The predicted octanol–water partition coefficient (Wildman–Crippen LogP) is 0.796. The normalized spacial score (nSPS) is 8.00. The molecule has 0 heterocycles. The first kappa shape index (κ1) is 10.4. The van der Waals surface area contributed by atoms with E-state index in [2.05, 4.69) is 5.32 Å². The molecule has 52 valence electrons. The van der Waals surface area contributed by atoms with Crippen LogP contribution in [0.2, 0.25) is 0 Å². The molecule has 0 aliphatic carbocycles. The highest BCUT2D eigenvalue weighted by atomic mass is 16.1. The molecule has 3 heteroatoms. The third-order valence-corrected chi connectivity index (χ3v) is 0.771. The summed E-state index contributed by atoms with van der Waals surface area (Å²) in [6.07, 6.45) is 0. The Balaban J connectivity index is -0.000000180. The molecule has 0 bridgehead atoms. The van der Waals surface area contributed by atoms with Crippen LogP contribution >= 0.6 is 0 Å². The molecule has 0 atom stereocenters. The van der Waals surface area contributed by atoms with Crippen LogP contribution in [0.5, 0.6) is 0 Å². The lowest BCUT2D eigenvalue weighted by Crippen LogP contribution is -2.22. The molecule has 0 aliphatic rings. The van der Waals surface area contributed by atoms with E-state index in [0.717, 1.165) is 0 Å². The molecule has 0 saturated carbocycles. The Kier molecular flexibility index (Phi) is 5.97. The van der Waals surface area contributed by atoms with Crippen molar-refractivity contribution < 1.29 is 6.22 Å². The minimum Gasteiger partial charge on any atom is -0.359 e. The number of hydrogen-bond donors (Lipinski definition) is 2. The maximum atomic E-state index is 10.4. The number of amides is 1. The number of carbonyl (C=O) groups is 1. The zero-order valence-corrected chi connectivity index (χ0v) is 5.69. The van der Waals surface area contributed by atoms with E-state index < -0.39 is 0 Å². The van der Waals surface area contributed by atoms with E-state index in [4.69, 9.17) is 0 Å². The van der Waals surface area contributed by atoms with Crippen LogP contribution in [0.4, 0.5) is 0 Å². The first-order valence-corrected chi connectivity index (χ1v) is 2.40. The average Bonchev–Trinajstić information content (AvgIpc) is 1.65. The Morgan fingerprint density at radius 2 is 2.00 bits per heavy atom. The van der Waals surface area contributed by atoms with Crippen molar-refractivity contribution in [3.05, 3.63) is 0 Å². The zero-order chi connectivity index (χ0) is 5.86. The van der Waals surface area contributed by atoms with Gasteiger partial charge in [-0.15, -0.1) is 0 Å². The summed E-state index contributed by atoms with van der Waals surface area (Å²) in [6, 6.07) is 0. The van der Waals surface area contributed by atoms with E-state index in [-0.39, 0.29) is 19.4 Å². The molecular formula is C5H16N2O. The molecule has 0 aromatic rings. The van der Waals surface area contributed by atoms with Crippen molar-refractivity contribution >= 4 is 5.91 Å². The topological polar surface area (TPSA) is 64.1 Å². The minimum absolute atomic E-state index is 0. The maximum Gasteiger partial charge on any atom is 0.222 e. The number of carbonyl (C=O) groups excluding carboxylic acids is 1. The van der Waals surface area contributed by atoms with Crippen LogP contribution in [0, 0.1) is 5.92 Å². The quantitative estimate of drug-likeness (QED) is 0.537. The first-order chi connectivity index (χ1) is 3.18. The Morgan fingerprint density at radius 1 is 1.62 bits per heavy atom. The molecule has 0 spiro atoms. The van der Waals surface area contributed by atoms with E-state index in [1.165, 1.54) is 0 Å². The van der Waals surface area contributed by atoms with Crippen LogP contribution in [0.3, 0.4) is 0 Å². The lowest BCUT2D eigenvalue weighted by Gasteiger charge is -1.98. The fraction of sp³-hybridized carbons (Fsp3) is 0.800. The number of rotatable bonds is 1. The van der Waals surface area contributed by atoms with E-state index in [1.54, 1.807) is 7.05 Å². The molecule has 8 heavy (non-hydrogen) atoms. The Morgan fingerprint density at radius 3 is 2.00 bits per heavy atom. The largest absolute Gasteiger partial charge is 0.359 e. The summed E-state index contributed by atoms with van der Waals surface area (Å²) in [5.74, 6) is 0.213. The van der Waals surface area contributed by atoms with Gasteiger partial charge in [-0.25, -0.2) is 0 Å². The van der Waals surface area contributed by atoms with E-state index in [0.29, 0.717) is 0 Å². The van der Waals surface area contributed by atoms with E-state index in [1.807, 2.05) is 13.8 Å². The van der Waals surface area contributed by atoms with Gasteiger partial charge in [0.05, 0.1) is 0 Å².